The SMILES string of the molecule is NC1(C(=O)Cc2cc(F)cc(F)c2)CCOC1. The van der Waals surface area contributed by atoms with Gasteiger partial charge in [0.1, 0.15) is 17.2 Å². The van der Waals surface area contributed by atoms with Crippen molar-refractivity contribution < 1.29 is 18.3 Å². The Morgan fingerprint density at radius 1 is 1.35 bits per heavy atom. The summed E-state index contributed by atoms with van der Waals surface area (Å²) in [6.45, 7) is 0.614. The van der Waals surface area contributed by atoms with Gasteiger partial charge < -0.3 is 10.5 Å². The third kappa shape index (κ3) is 2.68. The molecule has 0 radical (unpaired) electrons. The molecule has 2 N–H and O–H groups in total. The largest absolute Gasteiger partial charge is 0.379 e. The zero-order chi connectivity index (χ0) is 12.5. The maximum absolute atomic E-state index is 12.9. The van der Waals surface area contributed by atoms with Crippen LogP contribution in [0.25, 0.3) is 0 Å². The number of rotatable bonds is 3. The Morgan fingerprint density at radius 3 is 2.53 bits per heavy atom. The molecule has 0 aliphatic carbocycles. The van der Waals surface area contributed by atoms with E-state index in [1.54, 1.807) is 0 Å². The Kier molecular flexibility index (Phi) is 3.22. The second kappa shape index (κ2) is 4.50. The van der Waals surface area contributed by atoms with Crippen LogP contribution in [0, 0.1) is 11.6 Å². The fourth-order valence-electron chi connectivity index (χ4n) is 1.88. The molecule has 1 aliphatic rings. The molecule has 1 atom stereocenters. The molecule has 2 rings (SSSR count). The van der Waals surface area contributed by atoms with Crippen LogP contribution in [-0.2, 0) is 16.0 Å². The second-order valence-corrected chi connectivity index (χ2v) is 4.34. The van der Waals surface area contributed by atoms with Crippen molar-refractivity contribution in [1.29, 1.82) is 0 Å². The molecule has 1 fully saturated rings. The third-order valence-electron chi connectivity index (χ3n) is 2.89. The maximum atomic E-state index is 12.9. The highest BCUT2D eigenvalue weighted by Crippen LogP contribution is 2.19. The van der Waals surface area contributed by atoms with Crippen LogP contribution in [0.1, 0.15) is 12.0 Å². The molecule has 92 valence electrons. The topological polar surface area (TPSA) is 52.3 Å². The highest BCUT2D eigenvalue weighted by molar-refractivity contribution is 5.90. The quantitative estimate of drug-likeness (QED) is 0.865. The van der Waals surface area contributed by atoms with Crippen molar-refractivity contribution in [3.05, 3.63) is 35.4 Å². The van der Waals surface area contributed by atoms with Crippen molar-refractivity contribution in [3.8, 4) is 0 Å². The Labute approximate surface area is 97.6 Å². The number of halogens is 2. The molecule has 1 aromatic rings. The molecule has 1 aliphatic heterocycles. The fraction of sp³-hybridized carbons (Fsp3) is 0.417. The number of nitrogens with two attached hydrogens (primary N) is 1. The van der Waals surface area contributed by atoms with Gasteiger partial charge in [0, 0.05) is 19.1 Å². The minimum absolute atomic E-state index is 0.0749. The first-order valence-electron chi connectivity index (χ1n) is 5.34. The number of hydrogen-bond acceptors (Lipinski definition) is 3. The average molecular weight is 241 g/mol. The third-order valence-corrected chi connectivity index (χ3v) is 2.89. The van der Waals surface area contributed by atoms with Crippen molar-refractivity contribution >= 4 is 5.78 Å². The van der Waals surface area contributed by atoms with E-state index in [0.29, 0.717) is 18.6 Å². The van der Waals surface area contributed by atoms with Gasteiger partial charge in [-0.2, -0.15) is 0 Å². The van der Waals surface area contributed by atoms with Gasteiger partial charge in [-0.05, 0) is 24.1 Å². The Hall–Kier alpha value is -1.33. The maximum Gasteiger partial charge on any atom is 0.159 e. The van der Waals surface area contributed by atoms with Crippen LogP contribution >= 0.6 is 0 Å². The number of benzene rings is 1. The first-order chi connectivity index (χ1) is 7.99. The molecule has 0 aromatic heterocycles. The van der Waals surface area contributed by atoms with E-state index in [2.05, 4.69) is 0 Å². The van der Waals surface area contributed by atoms with Crippen LogP contribution in [0.4, 0.5) is 8.78 Å². The van der Waals surface area contributed by atoms with Gasteiger partial charge >= 0.3 is 0 Å². The average Bonchev–Trinajstić information content (AvgIpc) is 2.64. The molecule has 3 nitrogen and oxygen atoms in total. The zero-order valence-corrected chi connectivity index (χ0v) is 9.21. The predicted molar refractivity (Wildman–Crippen MR) is 57.4 cm³/mol. The first-order valence-corrected chi connectivity index (χ1v) is 5.34. The van der Waals surface area contributed by atoms with E-state index < -0.39 is 17.2 Å². The lowest BCUT2D eigenvalue weighted by Crippen LogP contribution is -2.49. The first kappa shape index (κ1) is 12.1. The van der Waals surface area contributed by atoms with E-state index in [4.69, 9.17) is 10.5 Å². The summed E-state index contributed by atoms with van der Waals surface area (Å²) in [5.74, 6) is -1.64. The molecule has 1 saturated heterocycles. The normalized spacial score (nSPS) is 23.9. The van der Waals surface area contributed by atoms with Gasteiger partial charge in [0.25, 0.3) is 0 Å². The molecular weight excluding hydrogens is 228 g/mol. The van der Waals surface area contributed by atoms with Gasteiger partial charge in [0.2, 0.25) is 0 Å². The molecule has 0 amide bonds. The van der Waals surface area contributed by atoms with Gasteiger partial charge in [-0.1, -0.05) is 0 Å². The smallest absolute Gasteiger partial charge is 0.159 e. The van der Waals surface area contributed by atoms with E-state index in [-0.39, 0.29) is 18.8 Å². The van der Waals surface area contributed by atoms with E-state index in [1.807, 2.05) is 0 Å². The number of hydrogen-bond donors (Lipinski definition) is 1. The summed E-state index contributed by atoms with van der Waals surface area (Å²) in [5, 5.41) is 0. The van der Waals surface area contributed by atoms with Crippen LogP contribution in [0.15, 0.2) is 18.2 Å². The molecular formula is C12H13F2NO2. The summed E-state index contributed by atoms with van der Waals surface area (Å²) in [5.41, 5.74) is 5.15. The summed E-state index contributed by atoms with van der Waals surface area (Å²) in [6.07, 6.45) is 0.373. The van der Waals surface area contributed by atoms with E-state index in [9.17, 15) is 13.6 Å². The molecule has 0 spiro atoms. The van der Waals surface area contributed by atoms with Crippen molar-refractivity contribution in [2.45, 2.75) is 18.4 Å². The van der Waals surface area contributed by atoms with Crippen LogP contribution < -0.4 is 5.73 Å². The number of ether oxygens (including phenoxy) is 1. The van der Waals surface area contributed by atoms with Crippen molar-refractivity contribution in [1.82, 2.24) is 0 Å². The summed E-state index contributed by atoms with van der Waals surface area (Å²) in [7, 11) is 0. The van der Waals surface area contributed by atoms with Crippen molar-refractivity contribution in [2.75, 3.05) is 13.2 Å². The number of Topliss-reactive ketones (excluding diaryl/α,β-unsaturated/α-hetero) is 1. The number of carbonyl (C=O) groups excluding carboxylic acids is 1. The molecule has 0 saturated carbocycles. The van der Waals surface area contributed by atoms with E-state index >= 15 is 0 Å². The highest BCUT2D eigenvalue weighted by Gasteiger charge is 2.37. The van der Waals surface area contributed by atoms with E-state index in [1.165, 1.54) is 0 Å². The fourth-order valence-corrected chi connectivity index (χ4v) is 1.88. The van der Waals surface area contributed by atoms with Crippen LogP contribution in [-0.4, -0.2) is 24.5 Å². The minimum Gasteiger partial charge on any atom is -0.379 e. The Bertz CT molecular complexity index is 422. The van der Waals surface area contributed by atoms with Crippen molar-refractivity contribution in [2.24, 2.45) is 5.73 Å². The van der Waals surface area contributed by atoms with Crippen LogP contribution in [0.5, 0.6) is 0 Å². The lowest BCUT2D eigenvalue weighted by Gasteiger charge is -2.19. The molecule has 5 heteroatoms. The summed E-state index contributed by atoms with van der Waals surface area (Å²) < 4.78 is 31.0. The summed E-state index contributed by atoms with van der Waals surface area (Å²) in [4.78, 5) is 11.9. The Balaban J connectivity index is 2.12. The van der Waals surface area contributed by atoms with Crippen LogP contribution in [0.3, 0.4) is 0 Å². The molecule has 1 unspecified atom stereocenters. The van der Waals surface area contributed by atoms with Crippen molar-refractivity contribution in [3.63, 3.8) is 0 Å². The van der Waals surface area contributed by atoms with Gasteiger partial charge in [-0.25, -0.2) is 8.78 Å². The standard InChI is InChI=1S/C12H13F2NO2/c13-9-3-8(4-10(14)6-9)5-11(16)12(15)1-2-17-7-12/h3-4,6H,1-2,5,7,15H2. The van der Waals surface area contributed by atoms with Gasteiger partial charge in [-0.3, -0.25) is 4.79 Å². The lowest BCUT2D eigenvalue weighted by molar-refractivity contribution is -0.123. The summed E-state index contributed by atoms with van der Waals surface area (Å²) in [6, 6.07) is 3.05. The monoisotopic (exact) mass is 241 g/mol. The molecule has 17 heavy (non-hydrogen) atoms. The molecule has 0 bridgehead atoms. The van der Waals surface area contributed by atoms with Gasteiger partial charge in [-0.15, -0.1) is 0 Å². The molecule has 1 aromatic carbocycles. The predicted octanol–water partition coefficient (Wildman–Crippen LogP) is 1.19. The highest BCUT2D eigenvalue weighted by atomic mass is 19.1. The molecule has 1 heterocycles. The second-order valence-electron chi connectivity index (χ2n) is 4.34. The minimum atomic E-state index is -1.01. The zero-order valence-electron chi connectivity index (χ0n) is 9.21. The lowest BCUT2D eigenvalue weighted by atomic mass is 9.90. The number of ketones is 1. The van der Waals surface area contributed by atoms with Gasteiger partial charge in [0.05, 0.1) is 6.61 Å². The Morgan fingerprint density at radius 2 is 2.00 bits per heavy atom. The van der Waals surface area contributed by atoms with Gasteiger partial charge in [0.15, 0.2) is 5.78 Å². The summed E-state index contributed by atoms with van der Waals surface area (Å²) >= 11 is 0. The van der Waals surface area contributed by atoms with Crippen LogP contribution in [0.2, 0.25) is 0 Å². The van der Waals surface area contributed by atoms with E-state index in [0.717, 1.165) is 18.2 Å². The number of carbonyl (C=O) groups is 1.